The lowest BCUT2D eigenvalue weighted by Crippen LogP contribution is -1.94. The van der Waals surface area contributed by atoms with E-state index in [1.54, 1.807) is 6.92 Å². The fraction of sp³-hybridized carbons (Fsp3) is 0.0909. The Hall–Kier alpha value is -1.40. The largest absolute Gasteiger partial charge is 0.477 e. The second kappa shape index (κ2) is 4.85. The maximum atomic E-state index is 10.9. The number of aryl methyl sites for hydroxylation is 1. The average molecular weight is 313 g/mol. The number of halogens is 1. The summed E-state index contributed by atoms with van der Waals surface area (Å²) in [5, 5.41) is 12.6. The predicted octanol–water partition coefficient (Wildman–Crippen LogP) is 3.66. The predicted molar refractivity (Wildman–Crippen MR) is 71.2 cm³/mol. The first-order valence-corrected chi connectivity index (χ1v) is 6.40. The van der Waals surface area contributed by atoms with Crippen molar-refractivity contribution in [3.63, 3.8) is 0 Å². The molecule has 88 valence electrons. The van der Waals surface area contributed by atoms with Gasteiger partial charge >= 0.3 is 5.97 Å². The van der Waals surface area contributed by atoms with Crippen LogP contribution in [0.2, 0.25) is 0 Å². The molecule has 6 heteroatoms. The Kier molecular flexibility index (Phi) is 3.44. The molecule has 2 N–H and O–H groups in total. The Morgan fingerprint density at radius 3 is 2.59 bits per heavy atom. The van der Waals surface area contributed by atoms with Gasteiger partial charge in [-0.15, -0.1) is 0 Å². The van der Waals surface area contributed by atoms with Crippen LogP contribution in [0.1, 0.15) is 15.4 Å². The van der Waals surface area contributed by atoms with Gasteiger partial charge in [0.1, 0.15) is 4.88 Å². The van der Waals surface area contributed by atoms with Crippen molar-refractivity contribution in [2.45, 2.75) is 6.92 Å². The van der Waals surface area contributed by atoms with Gasteiger partial charge in [0.25, 0.3) is 0 Å². The normalized spacial score (nSPS) is 10.2. The smallest absolute Gasteiger partial charge is 0.347 e. The molecule has 0 radical (unpaired) electrons. The number of hydrogen-bond acceptors (Lipinski definition) is 4. The molecule has 1 aromatic heterocycles. The van der Waals surface area contributed by atoms with E-state index in [0.29, 0.717) is 10.8 Å². The van der Waals surface area contributed by atoms with Gasteiger partial charge in [0.15, 0.2) is 5.13 Å². The van der Waals surface area contributed by atoms with Crippen LogP contribution < -0.4 is 5.32 Å². The first-order chi connectivity index (χ1) is 8.06. The monoisotopic (exact) mass is 312 g/mol. The number of aromatic nitrogens is 1. The van der Waals surface area contributed by atoms with Gasteiger partial charge in [-0.2, -0.15) is 0 Å². The van der Waals surface area contributed by atoms with Crippen molar-refractivity contribution in [3.05, 3.63) is 39.3 Å². The van der Waals surface area contributed by atoms with E-state index in [4.69, 9.17) is 5.11 Å². The minimum absolute atomic E-state index is 0.268. The molecule has 0 bridgehead atoms. The Labute approximate surface area is 110 Å². The number of aromatic carboxylic acids is 1. The van der Waals surface area contributed by atoms with Crippen LogP contribution in [0.3, 0.4) is 0 Å². The van der Waals surface area contributed by atoms with Crippen molar-refractivity contribution in [2.75, 3.05) is 5.32 Å². The fourth-order valence-corrected chi connectivity index (χ4v) is 2.39. The molecule has 0 atom stereocenters. The highest BCUT2D eigenvalue weighted by Gasteiger charge is 2.13. The third-order valence-electron chi connectivity index (χ3n) is 2.09. The third-order valence-corrected chi connectivity index (χ3v) is 3.68. The third kappa shape index (κ3) is 2.83. The van der Waals surface area contributed by atoms with E-state index < -0.39 is 5.97 Å². The Bertz CT molecular complexity index is 551. The molecule has 0 fully saturated rings. The average Bonchev–Trinajstić information content (AvgIpc) is 2.63. The van der Waals surface area contributed by atoms with Crippen molar-refractivity contribution in [3.8, 4) is 0 Å². The summed E-state index contributed by atoms with van der Waals surface area (Å²) < 4.78 is 0.990. The number of carbonyl (C=O) groups is 1. The summed E-state index contributed by atoms with van der Waals surface area (Å²) in [6.45, 7) is 1.69. The quantitative estimate of drug-likeness (QED) is 0.908. The first kappa shape index (κ1) is 12.1. The van der Waals surface area contributed by atoms with Crippen LogP contribution in [0.15, 0.2) is 28.7 Å². The van der Waals surface area contributed by atoms with Crippen LogP contribution in [0.4, 0.5) is 10.8 Å². The van der Waals surface area contributed by atoms with Crippen molar-refractivity contribution in [1.29, 1.82) is 0 Å². The van der Waals surface area contributed by atoms with Gasteiger partial charge in [0.2, 0.25) is 0 Å². The van der Waals surface area contributed by atoms with Crippen molar-refractivity contribution < 1.29 is 9.90 Å². The second-order valence-corrected chi connectivity index (χ2v) is 5.29. The van der Waals surface area contributed by atoms with E-state index >= 15 is 0 Å². The molecule has 2 rings (SSSR count). The van der Waals surface area contributed by atoms with Gasteiger partial charge < -0.3 is 10.4 Å². The molecule has 1 heterocycles. The van der Waals surface area contributed by atoms with Gasteiger partial charge in [0.05, 0.1) is 5.69 Å². The number of rotatable bonds is 3. The fourth-order valence-electron chi connectivity index (χ4n) is 1.31. The maximum absolute atomic E-state index is 10.9. The molecule has 0 unspecified atom stereocenters. The van der Waals surface area contributed by atoms with Gasteiger partial charge in [-0.1, -0.05) is 27.3 Å². The minimum Gasteiger partial charge on any atom is -0.477 e. The summed E-state index contributed by atoms with van der Waals surface area (Å²) in [7, 11) is 0. The maximum Gasteiger partial charge on any atom is 0.347 e. The van der Waals surface area contributed by atoms with E-state index in [1.807, 2.05) is 24.3 Å². The summed E-state index contributed by atoms with van der Waals surface area (Å²) in [4.78, 5) is 15.3. The number of nitrogens with zero attached hydrogens (tertiary/aromatic N) is 1. The zero-order valence-corrected chi connectivity index (χ0v) is 11.3. The van der Waals surface area contributed by atoms with Crippen molar-refractivity contribution in [1.82, 2.24) is 4.98 Å². The van der Waals surface area contributed by atoms with Gasteiger partial charge in [-0.05, 0) is 31.2 Å². The van der Waals surface area contributed by atoms with Gasteiger partial charge in [0, 0.05) is 10.2 Å². The van der Waals surface area contributed by atoms with Crippen LogP contribution in [0, 0.1) is 6.92 Å². The second-order valence-electron chi connectivity index (χ2n) is 3.37. The lowest BCUT2D eigenvalue weighted by Gasteiger charge is -2.01. The summed E-state index contributed by atoms with van der Waals surface area (Å²) >= 11 is 4.48. The van der Waals surface area contributed by atoms with Crippen LogP contribution in [0.25, 0.3) is 0 Å². The van der Waals surface area contributed by atoms with E-state index in [2.05, 4.69) is 26.2 Å². The zero-order chi connectivity index (χ0) is 12.4. The van der Waals surface area contributed by atoms with Gasteiger partial charge in [-0.3, -0.25) is 0 Å². The molecule has 1 aromatic carbocycles. The summed E-state index contributed by atoms with van der Waals surface area (Å²) in [6, 6.07) is 7.59. The summed E-state index contributed by atoms with van der Waals surface area (Å²) in [5.41, 5.74) is 1.40. The topological polar surface area (TPSA) is 62.2 Å². The molecule has 0 aliphatic heterocycles. The molecule has 4 nitrogen and oxygen atoms in total. The molecule has 0 spiro atoms. The molecule has 2 aromatic rings. The number of carboxylic acids is 1. The lowest BCUT2D eigenvalue weighted by atomic mass is 10.3. The molecule has 0 aliphatic carbocycles. The van der Waals surface area contributed by atoms with Crippen molar-refractivity contribution >= 4 is 44.1 Å². The number of thiazole rings is 1. The molecular weight excluding hydrogens is 304 g/mol. The number of carboxylic acid groups (broad SMARTS) is 1. The summed E-state index contributed by atoms with van der Waals surface area (Å²) in [6.07, 6.45) is 0. The molecule has 0 aliphatic rings. The highest BCUT2D eigenvalue weighted by molar-refractivity contribution is 9.10. The Balaban J connectivity index is 2.22. The van der Waals surface area contributed by atoms with Crippen LogP contribution in [-0.2, 0) is 0 Å². The molecule has 17 heavy (non-hydrogen) atoms. The molecular formula is C11H9BrN2O2S. The summed E-state index contributed by atoms with van der Waals surface area (Å²) in [5.74, 6) is -0.941. The zero-order valence-electron chi connectivity index (χ0n) is 8.90. The minimum atomic E-state index is -0.941. The number of benzene rings is 1. The molecule has 0 saturated carbocycles. The van der Waals surface area contributed by atoms with Crippen molar-refractivity contribution in [2.24, 2.45) is 0 Å². The standard InChI is InChI=1S/C11H9BrN2O2S/c1-6-9(10(15)16)17-11(13-6)14-8-4-2-7(12)3-5-8/h2-5H,1H3,(H,13,14)(H,15,16). The highest BCUT2D eigenvalue weighted by Crippen LogP contribution is 2.26. The Morgan fingerprint density at radius 1 is 1.41 bits per heavy atom. The number of hydrogen-bond donors (Lipinski definition) is 2. The van der Waals surface area contributed by atoms with Crippen LogP contribution in [-0.4, -0.2) is 16.1 Å². The van der Waals surface area contributed by atoms with E-state index in [1.165, 1.54) is 0 Å². The molecule has 0 amide bonds. The first-order valence-electron chi connectivity index (χ1n) is 4.79. The highest BCUT2D eigenvalue weighted by atomic mass is 79.9. The molecule has 0 saturated heterocycles. The van der Waals surface area contributed by atoms with E-state index in [-0.39, 0.29) is 4.88 Å². The van der Waals surface area contributed by atoms with E-state index in [9.17, 15) is 4.79 Å². The number of nitrogens with one attached hydrogen (secondary N) is 1. The van der Waals surface area contributed by atoms with Gasteiger partial charge in [-0.25, -0.2) is 9.78 Å². The van der Waals surface area contributed by atoms with Crippen LogP contribution >= 0.6 is 27.3 Å². The SMILES string of the molecule is Cc1nc(Nc2ccc(Br)cc2)sc1C(=O)O. The van der Waals surface area contributed by atoms with E-state index in [0.717, 1.165) is 21.5 Å². The van der Waals surface area contributed by atoms with Crippen LogP contribution in [0.5, 0.6) is 0 Å². The Morgan fingerprint density at radius 2 is 2.06 bits per heavy atom. The lowest BCUT2D eigenvalue weighted by molar-refractivity contribution is 0.0701. The number of anilines is 2.